The zero-order valence-corrected chi connectivity index (χ0v) is 20.0. The Morgan fingerprint density at radius 2 is 1.70 bits per heavy atom. The number of hydrogen-bond donors (Lipinski definition) is 0. The van der Waals surface area contributed by atoms with E-state index in [4.69, 9.17) is 14.2 Å². The van der Waals surface area contributed by atoms with Gasteiger partial charge in [0.05, 0.1) is 27.0 Å². The van der Waals surface area contributed by atoms with Gasteiger partial charge < -0.3 is 19.1 Å². The third-order valence-corrected chi connectivity index (χ3v) is 6.73. The maximum atomic E-state index is 13.2. The molecule has 0 aliphatic carbocycles. The lowest BCUT2D eigenvalue weighted by atomic mass is 10.1. The summed E-state index contributed by atoms with van der Waals surface area (Å²) >= 11 is 1.35. The van der Waals surface area contributed by atoms with Crippen LogP contribution in [-0.2, 0) is 6.54 Å². The maximum absolute atomic E-state index is 13.2. The first-order valence-corrected chi connectivity index (χ1v) is 11.4. The van der Waals surface area contributed by atoms with Crippen molar-refractivity contribution in [1.29, 1.82) is 0 Å². The van der Waals surface area contributed by atoms with Gasteiger partial charge >= 0.3 is 0 Å². The quantitative estimate of drug-likeness (QED) is 0.522. The summed E-state index contributed by atoms with van der Waals surface area (Å²) in [5.74, 6) is 2.44. The van der Waals surface area contributed by atoms with Crippen LogP contribution in [0.3, 0.4) is 0 Å². The molecule has 0 radical (unpaired) electrons. The molecule has 0 atom stereocenters. The van der Waals surface area contributed by atoms with Gasteiger partial charge in [-0.05, 0) is 19.1 Å². The van der Waals surface area contributed by atoms with Crippen molar-refractivity contribution in [1.82, 2.24) is 24.8 Å². The summed E-state index contributed by atoms with van der Waals surface area (Å²) in [6, 6.07) is 5.63. The molecule has 0 spiro atoms. The van der Waals surface area contributed by atoms with E-state index in [1.807, 2.05) is 24.0 Å². The van der Waals surface area contributed by atoms with E-state index in [9.17, 15) is 4.79 Å². The number of rotatable bonds is 7. The standard InChI is InChI=1S/C23H27N5O4S/c1-15-20(33-22(26-15)21-24-8-5-9-25-21)23(29)28-12-10-27(11-13-28)14-16-6-7-17(30-2)19(32-4)18(16)31-3/h5-9H,10-14H2,1-4H3. The van der Waals surface area contributed by atoms with Gasteiger partial charge in [-0.1, -0.05) is 6.07 Å². The first-order valence-electron chi connectivity index (χ1n) is 10.6. The van der Waals surface area contributed by atoms with E-state index in [0.717, 1.165) is 18.7 Å². The fourth-order valence-electron chi connectivity index (χ4n) is 3.88. The summed E-state index contributed by atoms with van der Waals surface area (Å²) in [5, 5.41) is 0.663. The number of amides is 1. The zero-order chi connectivity index (χ0) is 23.4. The molecule has 33 heavy (non-hydrogen) atoms. The average Bonchev–Trinajstić information content (AvgIpc) is 3.25. The molecule has 1 aliphatic heterocycles. The van der Waals surface area contributed by atoms with E-state index in [2.05, 4.69) is 19.9 Å². The zero-order valence-electron chi connectivity index (χ0n) is 19.2. The van der Waals surface area contributed by atoms with Crippen LogP contribution in [0.2, 0.25) is 0 Å². The van der Waals surface area contributed by atoms with Gasteiger partial charge in [0.1, 0.15) is 4.88 Å². The number of ether oxygens (including phenoxy) is 3. The Balaban J connectivity index is 1.42. The highest BCUT2D eigenvalue weighted by molar-refractivity contribution is 7.17. The van der Waals surface area contributed by atoms with Crippen molar-refractivity contribution >= 4 is 17.2 Å². The van der Waals surface area contributed by atoms with E-state index < -0.39 is 0 Å². The minimum Gasteiger partial charge on any atom is -0.493 e. The Labute approximate surface area is 197 Å². The van der Waals surface area contributed by atoms with E-state index in [-0.39, 0.29) is 5.91 Å². The van der Waals surface area contributed by atoms with Crippen LogP contribution in [0.25, 0.3) is 10.8 Å². The molecule has 10 heteroatoms. The van der Waals surface area contributed by atoms with Crippen molar-refractivity contribution in [2.45, 2.75) is 13.5 Å². The summed E-state index contributed by atoms with van der Waals surface area (Å²) in [6.45, 7) is 5.35. The number of aromatic nitrogens is 3. The van der Waals surface area contributed by atoms with Gasteiger partial charge in [-0.3, -0.25) is 9.69 Å². The molecule has 1 aliphatic rings. The van der Waals surface area contributed by atoms with Gasteiger partial charge in [-0.15, -0.1) is 11.3 Å². The number of methoxy groups -OCH3 is 3. The Bertz CT molecular complexity index is 1110. The maximum Gasteiger partial charge on any atom is 0.265 e. The van der Waals surface area contributed by atoms with Crippen molar-refractivity contribution in [3.05, 3.63) is 46.7 Å². The van der Waals surface area contributed by atoms with Crippen LogP contribution < -0.4 is 14.2 Å². The Kier molecular flexibility index (Phi) is 7.05. The number of carbonyl (C=O) groups is 1. The van der Waals surface area contributed by atoms with Crippen LogP contribution in [0.4, 0.5) is 0 Å². The molecule has 9 nitrogen and oxygen atoms in total. The Morgan fingerprint density at radius 1 is 1.00 bits per heavy atom. The van der Waals surface area contributed by atoms with E-state index in [0.29, 0.717) is 58.3 Å². The van der Waals surface area contributed by atoms with Gasteiger partial charge in [0.25, 0.3) is 5.91 Å². The second-order valence-corrected chi connectivity index (χ2v) is 8.57. The van der Waals surface area contributed by atoms with Crippen LogP contribution in [0.5, 0.6) is 17.2 Å². The minimum atomic E-state index is 0.00975. The van der Waals surface area contributed by atoms with Crippen molar-refractivity contribution in [3.8, 4) is 28.1 Å². The van der Waals surface area contributed by atoms with Crippen molar-refractivity contribution < 1.29 is 19.0 Å². The fraction of sp³-hybridized carbons (Fsp3) is 0.391. The SMILES string of the molecule is COc1ccc(CN2CCN(C(=O)c3sc(-c4ncccn4)nc3C)CC2)c(OC)c1OC. The van der Waals surface area contributed by atoms with E-state index in [1.54, 1.807) is 39.8 Å². The number of thiazole rings is 1. The normalized spacial score (nSPS) is 14.2. The highest BCUT2D eigenvalue weighted by Crippen LogP contribution is 2.40. The minimum absolute atomic E-state index is 0.00975. The molecule has 0 unspecified atom stereocenters. The van der Waals surface area contributed by atoms with Crippen molar-refractivity contribution in [3.63, 3.8) is 0 Å². The fourth-order valence-corrected chi connectivity index (χ4v) is 4.86. The van der Waals surface area contributed by atoms with Crippen molar-refractivity contribution in [2.24, 2.45) is 0 Å². The number of carbonyl (C=O) groups excluding carboxylic acids is 1. The van der Waals surface area contributed by atoms with Crippen LogP contribution in [-0.4, -0.2) is 78.2 Å². The number of nitrogens with zero attached hydrogens (tertiary/aromatic N) is 5. The van der Waals surface area contributed by atoms with Gasteiger partial charge in [0.15, 0.2) is 22.3 Å². The van der Waals surface area contributed by atoms with E-state index in [1.165, 1.54) is 11.3 Å². The van der Waals surface area contributed by atoms with Crippen LogP contribution in [0.1, 0.15) is 20.9 Å². The molecule has 0 bridgehead atoms. The summed E-state index contributed by atoms with van der Waals surface area (Å²) in [5.41, 5.74) is 1.73. The number of benzene rings is 1. The molecule has 1 saturated heterocycles. The van der Waals surface area contributed by atoms with Crippen molar-refractivity contribution in [2.75, 3.05) is 47.5 Å². The molecule has 1 amide bonds. The number of piperazine rings is 1. The largest absolute Gasteiger partial charge is 0.493 e. The second kappa shape index (κ2) is 10.1. The molecule has 1 fully saturated rings. The van der Waals surface area contributed by atoms with Gasteiger partial charge in [-0.25, -0.2) is 15.0 Å². The topological polar surface area (TPSA) is 89.9 Å². The third-order valence-electron chi connectivity index (χ3n) is 5.59. The van der Waals surface area contributed by atoms with Crippen LogP contribution in [0, 0.1) is 6.92 Å². The molecule has 4 rings (SSSR count). The number of aryl methyl sites for hydroxylation is 1. The van der Waals surface area contributed by atoms with Gasteiger partial charge in [-0.2, -0.15) is 0 Å². The van der Waals surface area contributed by atoms with E-state index >= 15 is 0 Å². The predicted molar refractivity (Wildman–Crippen MR) is 125 cm³/mol. The first-order chi connectivity index (χ1) is 16.0. The molecule has 3 aromatic rings. The lowest BCUT2D eigenvalue weighted by Crippen LogP contribution is -2.48. The van der Waals surface area contributed by atoms with Gasteiger partial charge in [0, 0.05) is 50.7 Å². The molecule has 0 N–H and O–H groups in total. The highest BCUT2D eigenvalue weighted by atomic mass is 32.1. The Hall–Kier alpha value is -3.24. The molecule has 174 valence electrons. The molecular formula is C23H27N5O4S. The van der Waals surface area contributed by atoms with Gasteiger partial charge in [0.2, 0.25) is 5.75 Å². The first kappa shape index (κ1) is 22.9. The summed E-state index contributed by atoms with van der Waals surface area (Å²) < 4.78 is 16.5. The van der Waals surface area contributed by atoms with Crippen LogP contribution >= 0.6 is 11.3 Å². The summed E-state index contributed by atoms with van der Waals surface area (Å²) in [6.07, 6.45) is 3.35. The summed E-state index contributed by atoms with van der Waals surface area (Å²) in [7, 11) is 4.84. The van der Waals surface area contributed by atoms with Crippen LogP contribution in [0.15, 0.2) is 30.6 Å². The smallest absolute Gasteiger partial charge is 0.265 e. The molecule has 1 aromatic carbocycles. The third kappa shape index (κ3) is 4.76. The molecular weight excluding hydrogens is 442 g/mol. The highest BCUT2D eigenvalue weighted by Gasteiger charge is 2.27. The Morgan fingerprint density at radius 3 is 2.33 bits per heavy atom. The molecule has 3 heterocycles. The predicted octanol–water partition coefficient (Wildman–Crippen LogP) is 2.89. The molecule has 0 saturated carbocycles. The number of hydrogen-bond acceptors (Lipinski definition) is 9. The monoisotopic (exact) mass is 469 g/mol. The molecule has 2 aromatic heterocycles. The lowest BCUT2D eigenvalue weighted by molar-refractivity contribution is 0.0631. The second-order valence-electron chi connectivity index (χ2n) is 7.57. The summed E-state index contributed by atoms with van der Waals surface area (Å²) in [4.78, 5) is 31.0. The lowest BCUT2D eigenvalue weighted by Gasteiger charge is -2.35. The average molecular weight is 470 g/mol.